The Bertz CT molecular complexity index is 301. The average molecular weight is 230 g/mol. The molecule has 1 unspecified atom stereocenters. The predicted octanol–water partition coefficient (Wildman–Crippen LogP) is 4.06. The van der Waals surface area contributed by atoms with Gasteiger partial charge in [0.1, 0.15) is 0 Å². The first-order valence-electron chi connectivity index (χ1n) is 4.81. The Morgan fingerprint density at radius 3 is 2.86 bits per heavy atom. The highest BCUT2D eigenvalue weighted by Crippen LogP contribution is 2.30. The summed E-state index contributed by atoms with van der Waals surface area (Å²) in [5.74, 6) is 1.82. The van der Waals surface area contributed by atoms with Gasteiger partial charge in [0.2, 0.25) is 0 Å². The van der Waals surface area contributed by atoms with E-state index in [1.165, 1.54) is 6.42 Å². The Hall–Kier alpha value is -0.340. The number of nitrogens with two attached hydrogens (primary N) is 1. The van der Waals surface area contributed by atoms with E-state index in [0.717, 1.165) is 27.3 Å². The highest BCUT2D eigenvalue weighted by molar-refractivity contribution is 7.99. The zero-order valence-corrected chi connectivity index (χ0v) is 10.2. The lowest BCUT2D eigenvalue weighted by atomic mass is 10.2. The van der Waals surface area contributed by atoms with Crippen molar-refractivity contribution in [2.24, 2.45) is 5.92 Å². The van der Waals surface area contributed by atoms with Crippen LogP contribution in [0.2, 0.25) is 5.02 Å². The topological polar surface area (TPSA) is 26.0 Å². The Balaban J connectivity index is 2.62. The van der Waals surface area contributed by atoms with E-state index in [9.17, 15) is 0 Å². The van der Waals surface area contributed by atoms with Gasteiger partial charge in [-0.3, -0.25) is 0 Å². The highest BCUT2D eigenvalue weighted by Gasteiger charge is 2.04. The number of halogens is 1. The molecule has 0 heterocycles. The molecule has 1 nitrogen and oxygen atoms in total. The molecule has 1 aromatic carbocycles. The summed E-state index contributed by atoms with van der Waals surface area (Å²) in [6, 6.07) is 5.63. The largest absolute Gasteiger partial charge is 0.399 e. The lowest BCUT2D eigenvalue weighted by molar-refractivity contribution is 0.637. The highest BCUT2D eigenvalue weighted by atomic mass is 35.5. The molecule has 0 saturated carbocycles. The quantitative estimate of drug-likeness (QED) is 0.623. The van der Waals surface area contributed by atoms with Gasteiger partial charge in [-0.25, -0.2) is 0 Å². The molecule has 3 heteroatoms. The molecule has 0 aromatic heterocycles. The minimum absolute atomic E-state index is 0.720. The van der Waals surface area contributed by atoms with E-state index < -0.39 is 0 Å². The van der Waals surface area contributed by atoms with E-state index in [1.807, 2.05) is 18.2 Å². The molecule has 0 bridgehead atoms. The maximum absolute atomic E-state index is 6.05. The molecule has 78 valence electrons. The van der Waals surface area contributed by atoms with Gasteiger partial charge in [0.25, 0.3) is 0 Å². The van der Waals surface area contributed by atoms with Gasteiger partial charge in [-0.15, -0.1) is 11.8 Å². The van der Waals surface area contributed by atoms with Crippen molar-refractivity contribution in [2.45, 2.75) is 25.2 Å². The normalized spacial score (nSPS) is 12.8. The van der Waals surface area contributed by atoms with Crippen molar-refractivity contribution in [1.82, 2.24) is 0 Å². The Kier molecular flexibility index (Phi) is 4.63. The van der Waals surface area contributed by atoms with Gasteiger partial charge in [-0.1, -0.05) is 31.9 Å². The second kappa shape index (κ2) is 5.52. The van der Waals surface area contributed by atoms with Gasteiger partial charge in [-0.2, -0.15) is 0 Å². The molecular weight excluding hydrogens is 214 g/mol. The smallest absolute Gasteiger partial charge is 0.0543 e. The molecule has 14 heavy (non-hydrogen) atoms. The van der Waals surface area contributed by atoms with Crippen molar-refractivity contribution in [3.05, 3.63) is 23.2 Å². The fourth-order valence-electron chi connectivity index (χ4n) is 0.980. The van der Waals surface area contributed by atoms with Gasteiger partial charge in [0, 0.05) is 16.3 Å². The fraction of sp³-hybridized carbons (Fsp3) is 0.455. The lowest BCUT2D eigenvalue weighted by Crippen LogP contribution is -1.95. The molecule has 1 rings (SSSR count). The Morgan fingerprint density at radius 2 is 2.21 bits per heavy atom. The predicted molar refractivity (Wildman–Crippen MR) is 66.0 cm³/mol. The van der Waals surface area contributed by atoms with Crippen LogP contribution in [-0.2, 0) is 0 Å². The number of rotatable bonds is 4. The van der Waals surface area contributed by atoms with Crippen LogP contribution in [0.15, 0.2) is 23.1 Å². The van der Waals surface area contributed by atoms with E-state index in [-0.39, 0.29) is 0 Å². The monoisotopic (exact) mass is 229 g/mol. The SMILES string of the molecule is CCC(C)CSc1cc(N)ccc1Cl. The standard InChI is InChI=1S/C11H16ClNS/c1-3-8(2)7-14-11-6-9(13)4-5-10(11)12/h4-6,8H,3,7,13H2,1-2H3. The summed E-state index contributed by atoms with van der Waals surface area (Å²) >= 11 is 7.83. The third-order valence-electron chi connectivity index (χ3n) is 2.18. The third-order valence-corrected chi connectivity index (χ3v) is 4.00. The van der Waals surface area contributed by atoms with E-state index in [2.05, 4.69) is 13.8 Å². The second-order valence-electron chi connectivity index (χ2n) is 3.51. The minimum Gasteiger partial charge on any atom is -0.399 e. The summed E-state index contributed by atoms with van der Waals surface area (Å²) in [6.07, 6.45) is 1.20. The molecule has 0 saturated heterocycles. The van der Waals surface area contributed by atoms with Gasteiger partial charge in [-0.05, 0) is 24.1 Å². The zero-order chi connectivity index (χ0) is 10.6. The first kappa shape index (κ1) is 11.7. The van der Waals surface area contributed by atoms with Gasteiger partial charge < -0.3 is 5.73 Å². The first-order chi connectivity index (χ1) is 6.63. The molecule has 0 spiro atoms. The van der Waals surface area contributed by atoms with Crippen molar-refractivity contribution in [1.29, 1.82) is 0 Å². The molecule has 1 aromatic rings. The molecule has 1 atom stereocenters. The number of hydrogen-bond acceptors (Lipinski definition) is 2. The average Bonchev–Trinajstić information content (AvgIpc) is 2.19. The number of nitrogen functional groups attached to an aromatic ring is 1. The van der Waals surface area contributed by atoms with Crippen molar-refractivity contribution in [3.63, 3.8) is 0 Å². The molecule has 0 aliphatic carbocycles. The summed E-state index contributed by atoms with van der Waals surface area (Å²) in [4.78, 5) is 1.09. The number of hydrogen-bond donors (Lipinski definition) is 1. The van der Waals surface area contributed by atoms with Crippen LogP contribution in [0.4, 0.5) is 5.69 Å². The molecular formula is C11H16ClNS. The third kappa shape index (κ3) is 3.43. The summed E-state index contributed by atoms with van der Waals surface area (Å²) < 4.78 is 0. The Labute approximate surface area is 95.0 Å². The van der Waals surface area contributed by atoms with E-state index in [0.29, 0.717) is 0 Å². The van der Waals surface area contributed by atoms with E-state index >= 15 is 0 Å². The minimum atomic E-state index is 0.720. The number of anilines is 1. The summed E-state index contributed by atoms with van der Waals surface area (Å²) in [5, 5.41) is 0.799. The van der Waals surface area contributed by atoms with Crippen LogP contribution in [0, 0.1) is 5.92 Å². The maximum atomic E-state index is 6.05. The molecule has 0 amide bonds. The van der Waals surface area contributed by atoms with Crippen LogP contribution in [-0.4, -0.2) is 5.75 Å². The van der Waals surface area contributed by atoms with Crippen LogP contribution in [0.3, 0.4) is 0 Å². The van der Waals surface area contributed by atoms with Crippen LogP contribution >= 0.6 is 23.4 Å². The van der Waals surface area contributed by atoms with Gasteiger partial charge in [0.05, 0.1) is 5.02 Å². The van der Waals surface area contributed by atoms with Gasteiger partial charge >= 0.3 is 0 Å². The molecule has 0 aliphatic rings. The van der Waals surface area contributed by atoms with Gasteiger partial charge in [0.15, 0.2) is 0 Å². The van der Waals surface area contributed by atoms with Crippen LogP contribution in [0.5, 0.6) is 0 Å². The maximum Gasteiger partial charge on any atom is 0.0543 e. The fourth-order valence-corrected chi connectivity index (χ4v) is 2.39. The zero-order valence-electron chi connectivity index (χ0n) is 8.59. The van der Waals surface area contributed by atoms with Crippen molar-refractivity contribution < 1.29 is 0 Å². The molecule has 0 aliphatic heterocycles. The molecule has 0 fully saturated rings. The summed E-state index contributed by atoms with van der Waals surface area (Å²) in [7, 11) is 0. The summed E-state index contributed by atoms with van der Waals surface area (Å²) in [6.45, 7) is 4.44. The van der Waals surface area contributed by atoms with Crippen molar-refractivity contribution >= 4 is 29.1 Å². The number of thioether (sulfide) groups is 1. The summed E-state index contributed by atoms with van der Waals surface area (Å²) in [5.41, 5.74) is 6.47. The van der Waals surface area contributed by atoms with Crippen molar-refractivity contribution in [2.75, 3.05) is 11.5 Å². The van der Waals surface area contributed by atoms with Crippen LogP contribution in [0.1, 0.15) is 20.3 Å². The Morgan fingerprint density at radius 1 is 1.50 bits per heavy atom. The van der Waals surface area contributed by atoms with Crippen LogP contribution in [0.25, 0.3) is 0 Å². The van der Waals surface area contributed by atoms with Crippen LogP contribution < -0.4 is 5.73 Å². The van der Waals surface area contributed by atoms with E-state index in [4.69, 9.17) is 17.3 Å². The molecule has 2 N–H and O–H groups in total. The lowest BCUT2D eigenvalue weighted by Gasteiger charge is -2.09. The first-order valence-corrected chi connectivity index (χ1v) is 6.17. The molecule has 0 radical (unpaired) electrons. The number of benzene rings is 1. The second-order valence-corrected chi connectivity index (χ2v) is 4.98. The van der Waals surface area contributed by atoms with E-state index in [1.54, 1.807) is 11.8 Å². The van der Waals surface area contributed by atoms with Crippen molar-refractivity contribution in [3.8, 4) is 0 Å².